The maximum Gasteiger partial charge on any atom is 0.436 e. The molecule has 0 atom stereocenters. The molecule has 0 saturated carbocycles. The molecule has 1 fully saturated rings. The summed E-state index contributed by atoms with van der Waals surface area (Å²) in [5, 5.41) is 10.7. The second kappa shape index (κ2) is 11.7. The highest BCUT2D eigenvalue weighted by atomic mass is 32.1. The van der Waals surface area contributed by atoms with Crippen molar-refractivity contribution < 1.29 is 23.9 Å². The van der Waals surface area contributed by atoms with Gasteiger partial charge in [0.2, 0.25) is 0 Å². The van der Waals surface area contributed by atoms with Crippen molar-refractivity contribution in [2.24, 2.45) is 0 Å². The molecule has 1 saturated heterocycles. The number of carbonyl (C=O) groups is 3. The maximum absolute atomic E-state index is 13.3. The average Bonchev–Trinajstić information content (AvgIpc) is 3.54. The smallest absolute Gasteiger partial charge is 0.436 e. The van der Waals surface area contributed by atoms with Gasteiger partial charge in [0.1, 0.15) is 4.83 Å². The first kappa shape index (κ1) is 28.3. The van der Waals surface area contributed by atoms with E-state index in [0.717, 1.165) is 40.4 Å². The van der Waals surface area contributed by atoms with Crippen LogP contribution in [0.1, 0.15) is 53.3 Å². The number of hydrogen-bond acceptors (Lipinski definition) is 8. The molecule has 0 radical (unpaired) electrons. The van der Waals surface area contributed by atoms with E-state index in [1.54, 1.807) is 32.0 Å². The normalized spacial score (nSPS) is 13.8. The highest BCUT2D eigenvalue weighted by Gasteiger charge is 2.27. The number of nitrogens with zero attached hydrogens (tertiary/aromatic N) is 3. The lowest BCUT2D eigenvalue weighted by atomic mass is 9.94. The van der Waals surface area contributed by atoms with Crippen LogP contribution in [-0.2, 0) is 15.0 Å². The standard InChI is InChI=1S/C30H33N5O5S/c1-19(2)40-29(38)35-28-23(18-24(41-28)27(37)32-30(3,4)21-8-6-5-7-9-21)25(33-35)31-26(36)20-10-12-22(13-11-20)34-14-16-39-17-15-34/h5-13,18-19H,14-17H2,1-4H3,(H,32,37)(H,31,33,36). The summed E-state index contributed by atoms with van der Waals surface area (Å²) >= 11 is 1.11. The van der Waals surface area contributed by atoms with Crippen LogP contribution >= 0.6 is 11.3 Å². The lowest BCUT2D eigenvalue weighted by Gasteiger charge is -2.28. The topological polar surface area (TPSA) is 115 Å². The second-order valence-electron chi connectivity index (χ2n) is 10.6. The largest absolute Gasteiger partial charge is 0.445 e. The summed E-state index contributed by atoms with van der Waals surface area (Å²) in [6.45, 7) is 10.3. The fraction of sp³-hybridized carbons (Fsp3) is 0.333. The number of thiophene rings is 1. The third-order valence-electron chi connectivity index (χ3n) is 6.75. The van der Waals surface area contributed by atoms with Crippen LogP contribution in [0.3, 0.4) is 0 Å². The molecule has 41 heavy (non-hydrogen) atoms. The Morgan fingerprint density at radius 3 is 2.34 bits per heavy atom. The van der Waals surface area contributed by atoms with Gasteiger partial charge in [-0.2, -0.15) is 4.68 Å². The van der Waals surface area contributed by atoms with Crippen molar-refractivity contribution >= 4 is 51.0 Å². The molecule has 214 valence electrons. The van der Waals surface area contributed by atoms with Crippen molar-refractivity contribution in [1.29, 1.82) is 0 Å². The zero-order chi connectivity index (χ0) is 29.1. The molecule has 10 nitrogen and oxygen atoms in total. The lowest BCUT2D eigenvalue weighted by molar-refractivity contribution is 0.0915. The van der Waals surface area contributed by atoms with E-state index in [4.69, 9.17) is 9.47 Å². The first-order valence-corrected chi connectivity index (χ1v) is 14.3. The Morgan fingerprint density at radius 2 is 1.68 bits per heavy atom. The summed E-state index contributed by atoms with van der Waals surface area (Å²) in [4.78, 5) is 42.4. The molecule has 0 bridgehead atoms. The maximum atomic E-state index is 13.3. The molecule has 4 aromatic rings. The first-order valence-electron chi connectivity index (χ1n) is 13.5. The molecule has 1 aliphatic heterocycles. The number of benzene rings is 2. The van der Waals surface area contributed by atoms with E-state index in [1.165, 1.54) is 0 Å². The first-order chi connectivity index (χ1) is 19.6. The van der Waals surface area contributed by atoms with E-state index in [-0.39, 0.29) is 23.7 Å². The molecule has 5 rings (SSSR count). The van der Waals surface area contributed by atoms with Crippen LogP contribution < -0.4 is 15.5 Å². The molecule has 2 N–H and O–H groups in total. The Balaban J connectivity index is 1.41. The van der Waals surface area contributed by atoms with E-state index < -0.39 is 11.6 Å². The Bertz CT molecular complexity index is 1550. The van der Waals surface area contributed by atoms with Crippen LogP contribution in [0.4, 0.5) is 16.3 Å². The number of ether oxygens (including phenoxy) is 2. The van der Waals surface area contributed by atoms with Crippen LogP contribution in [0.15, 0.2) is 60.7 Å². The van der Waals surface area contributed by atoms with Gasteiger partial charge >= 0.3 is 6.09 Å². The van der Waals surface area contributed by atoms with Crippen molar-refractivity contribution in [3.05, 3.63) is 76.7 Å². The Labute approximate surface area is 242 Å². The van der Waals surface area contributed by atoms with E-state index >= 15 is 0 Å². The van der Waals surface area contributed by atoms with E-state index in [1.807, 2.05) is 56.3 Å². The highest BCUT2D eigenvalue weighted by molar-refractivity contribution is 7.20. The van der Waals surface area contributed by atoms with Crippen LogP contribution in [0.25, 0.3) is 10.2 Å². The summed E-state index contributed by atoms with van der Waals surface area (Å²) in [6.07, 6.45) is -1.07. The van der Waals surface area contributed by atoms with Crippen molar-refractivity contribution in [2.75, 3.05) is 36.5 Å². The minimum atomic E-state index is -0.696. The molecule has 0 unspecified atom stereocenters. The Morgan fingerprint density at radius 1 is 1.00 bits per heavy atom. The van der Waals surface area contributed by atoms with Gasteiger partial charge < -0.3 is 25.0 Å². The zero-order valence-electron chi connectivity index (χ0n) is 23.5. The van der Waals surface area contributed by atoms with Crippen molar-refractivity contribution in [2.45, 2.75) is 39.3 Å². The van der Waals surface area contributed by atoms with Gasteiger partial charge in [-0.1, -0.05) is 30.3 Å². The van der Waals surface area contributed by atoms with Gasteiger partial charge in [0, 0.05) is 24.3 Å². The number of amides is 2. The van der Waals surface area contributed by atoms with Crippen LogP contribution in [-0.4, -0.2) is 60.1 Å². The summed E-state index contributed by atoms with van der Waals surface area (Å²) in [5.41, 5.74) is 1.77. The second-order valence-corrected chi connectivity index (χ2v) is 11.6. The van der Waals surface area contributed by atoms with Crippen molar-refractivity contribution in [3.8, 4) is 0 Å². The number of morpholine rings is 1. The molecule has 1 aliphatic rings. The molecule has 3 heterocycles. The summed E-state index contributed by atoms with van der Waals surface area (Å²) in [7, 11) is 0. The van der Waals surface area contributed by atoms with Crippen molar-refractivity contribution in [3.63, 3.8) is 0 Å². The lowest BCUT2D eigenvalue weighted by Crippen LogP contribution is -2.40. The molecule has 2 aromatic heterocycles. The number of anilines is 2. The van der Waals surface area contributed by atoms with E-state index in [0.29, 0.717) is 33.9 Å². The van der Waals surface area contributed by atoms with Gasteiger partial charge in [-0.3, -0.25) is 9.59 Å². The van der Waals surface area contributed by atoms with Crippen molar-refractivity contribution in [1.82, 2.24) is 15.1 Å². The van der Waals surface area contributed by atoms with Crippen LogP contribution in [0.5, 0.6) is 0 Å². The number of fused-ring (bicyclic) bond motifs is 1. The number of rotatable bonds is 7. The molecular formula is C30H33N5O5S. The highest BCUT2D eigenvalue weighted by Crippen LogP contribution is 2.33. The van der Waals surface area contributed by atoms with Gasteiger partial charge in [-0.05, 0) is 63.6 Å². The summed E-state index contributed by atoms with van der Waals surface area (Å²) in [6, 6.07) is 18.6. The Hall–Kier alpha value is -4.22. The quantitative estimate of drug-likeness (QED) is 0.310. The average molecular weight is 576 g/mol. The number of aromatic nitrogens is 2. The van der Waals surface area contributed by atoms with Gasteiger partial charge in [0.15, 0.2) is 5.82 Å². The van der Waals surface area contributed by atoms with Crippen LogP contribution in [0.2, 0.25) is 0 Å². The molecular weight excluding hydrogens is 542 g/mol. The van der Waals surface area contributed by atoms with Crippen LogP contribution in [0, 0.1) is 0 Å². The number of nitrogens with one attached hydrogen (secondary N) is 2. The minimum absolute atomic E-state index is 0.167. The van der Waals surface area contributed by atoms with E-state index in [2.05, 4.69) is 20.6 Å². The minimum Gasteiger partial charge on any atom is -0.445 e. The predicted molar refractivity (Wildman–Crippen MR) is 159 cm³/mol. The summed E-state index contributed by atoms with van der Waals surface area (Å²) in [5.74, 6) is -0.523. The molecule has 0 aliphatic carbocycles. The van der Waals surface area contributed by atoms with Gasteiger partial charge in [0.05, 0.1) is 35.1 Å². The fourth-order valence-electron chi connectivity index (χ4n) is 4.58. The Kier molecular flexibility index (Phi) is 8.09. The van der Waals surface area contributed by atoms with Gasteiger partial charge in [0.25, 0.3) is 11.8 Å². The zero-order valence-corrected chi connectivity index (χ0v) is 24.3. The monoisotopic (exact) mass is 575 g/mol. The molecule has 2 aromatic carbocycles. The predicted octanol–water partition coefficient (Wildman–Crippen LogP) is 5.24. The number of carbonyl (C=O) groups excluding carboxylic acids is 3. The SMILES string of the molecule is CC(C)OC(=O)n1nc(NC(=O)c2ccc(N3CCOCC3)cc2)c2cc(C(=O)NC(C)(C)c3ccccc3)sc21. The fourth-order valence-corrected chi connectivity index (χ4v) is 5.58. The van der Waals surface area contributed by atoms with Gasteiger partial charge in [-0.15, -0.1) is 16.4 Å². The molecule has 11 heteroatoms. The molecule has 0 spiro atoms. The number of hydrogen-bond donors (Lipinski definition) is 2. The van der Waals surface area contributed by atoms with Gasteiger partial charge in [-0.25, -0.2) is 4.79 Å². The third-order valence-corrected chi connectivity index (χ3v) is 7.86. The molecule has 2 amide bonds. The third kappa shape index (κ3) is 6.26. The summed E-state index contributed by atoms with van der Waals surface area (Å²) < 4.78 is 11.9. The van der Waals surface area contributed by atoms with E-state index in [9.17, 15) is 14.4 Å².